The summed E-state index contributed by atoms with van der Waals surface area (Å²) in [5, 5.41) is 7.11. The number of carbonyl (C=O) groups is 1. The number of nitrogens with zero attached hydrogens (tertiary/aromatic N) is 2. The van der Waals surface area contributed by atoms with E-state index in [2.05, 4.69) is 34.7 Å². The van der Waals surface area contributed by atoms with Crippen LogP contribution in [0.3, 0.4) is 0 Å². The fourth-order valence-corrected chi connectivity index (χ4v) is 2.66. The second kappa shape index (κ2) is 8.34. The maximum absolute atomic E-state index is 12.1. The van der Waals surface area contributed by atoms with Gasteiger partial charge in [0.05, 0.1) is 6.20 Å². The topological polar surface area (TPSA) is 56.1 Å². The maximum atomic E-state index is 12.1. The molecular weight excluding hydrogens is 326 g/mol. The van der Waals surface area contributed by atoms with Gasteiger partial charge in [-0.05, 0) is 36.6 Å². The minimum Gasteiger partial charge on any atom is -0.481 e. The number of hydrogen-bond acceptors (Lipinski definition) is 3. The summed E-state index contributed by atoms with van der Waals surface area (Å²) >= 11 is 0. The lowest BCUT2D eigenvalue weighted by molar-refractivity contribution is -0.127. The van der Waals surface area contributed by atoms with E-state index in [0.717, 1.165) is 17.5 Å². The smallest absolute Gasteiger partial charge is 0.260 e. The van der Waals surface area contributed by atoms with E-state index in [-0.39, 0.29) is 5.91 Å². The van der Waals surface area contributed by atoms with Crippen molar-refractivity contribution >= 4 is 5.91 Å². The Morgan fingerprint density at radius 3 is 2.50 bits per heavy atom. The summed E-state index contributed by atoms with van der Waals surface area (Å²) < 4.78 is 7.41. The Bertz CT molecular complexity index is 841. The minimum atomic E-state index is -0.523. The lowest BCUT2D eigenvalue weighted by Gasteiger charge is -2.14. The predicted molar refractivity (Wildman–Crippen MR) is 102 cm³/mol. The summed E-state index contributed by atoms with van der Waals surface area (Å²) in [6, 6.07) is 17.7. The van der Waals surface area contributed by atoms with Gasteiger partial charge < -0.3 is 10.1 Å². The van der Waals surface area contributed by atoms with Crippen LogP contribution in [-0.4, -0.2) is 28.3 Å². The molecule has 0 spiro atoms. The molecule has 0 aliphatic carbocycles. The molecule has 1 atom stereocenters. The average Bonchev–Trinajstić information content (AvgIpc) is 3.09. The van der Waals surface area contributed by atoms with Gasteiger partial charge in [-0.1, -0.05) is 42.5 Å². The first-order valence-corrected chi connectivity index (χ1v) is 8.69. The number of benzene rings is 2. The van der Waals surface area contributed by atoms with Gasteiger partial charge in [-0.3, -0.25) is 9.48 Å². The van der Waals surface area contributed by atoms with Crippen molar-refractivity contribution in [2.24, 2.45) is 7.05 Å². The fourth-order valence-electron chi connectivity index (χ4n) is 2.66. The van der Waals surface area contributed by atoms with E-state index in [0.29, 0.717) is 12.3 Å². The van der Waals surface area contributed by atoms with Gasteiger partial charge in [0.1, 0.15) is 5.75 Å². The molecule has 1 unspecified atom stereocenters. The highest BCUT2D eigenvalue weighted by molar-refractivity contribution is 5.80. The standard InChI is InChI=1S/C21H23N3O2/c1-16(26-20-6-4-3-5-7-20)21(25)22-13-12-17-8-10-18(11-9-17)19-14-23-24(2)15-19/h3-11,14-16H,12-13H2,1-2H3,(H,22,25). The Balaban J connectivity index is 1.46. The van der Waals surface area contributed by atoms with Gasteiger partial charge in [0.2, 0.25) is 0 Å². The zero-order chi connectivity index (χ0) is 18.4. The van der Waals surface area contributed by atoms with Crippen molar-refractivity contribution in [1.82, 2.24) is 15.1 Å². The van der Waals surface area contributed by atoms with Crippen molar-refractivity contribution in [3.8, 4) is 16.9 Å². The Morgan fingerprint density at radius 1 is 1.12 bits per heavy atom. The normalized spacial score (nSPS) is 11.8. The van der Waals surface area contributed by atoms with Gasteiger partial charge in [-0.25, -0.2) is 0 Å². The Labute approximate surface area is 153 Å². The first kappa shape index (κ1) is 17.7. The van der Waals surface area contributed by atoms with Crippen molar-refractivity contribution in [3.63, 3.8) is 0 Å². The third-order valence-electron chi connectivity index (χ3n) is 4.13. The van der Waals surface area contributed by atoms with Crippen LogP contribution in [0.1, 0.15) is 12.5 Å². The van der Waals surface area contributed by atoms with E-state index >= 15 is 0 Å². The van der Waals surface area contributed by atoms with Gasteiger partial charge in [-0.2, -0.15) is 5.10 Å². The molecule has 0 saturated heterocycles. The van der Waals surface area contributed by atoms with Crippen molar-refractivity contribution in [2.75, 3.05) is 6.54 Å². The van der Waals surface area contributed by atoms with Crippen LogP contribution in [0.25, 0.3) is 11.1 Å². The molecule has 5 nitrogen and oxygen atoms in total. The Hall–Kier alpha value is -3.08. The number of aryl methyl sites for hydroxylation is 1. The summed E-state index contributed by atoms with van der Waals surface area (Å²) in [6.45, 7) is 2.33. The third-order valence-corrected chi connectivity index (χ3v) is 4.13. The van der Waals surface area contributed by atoms with Crippen LogP contribution >= 0.6 is 0 Å². The largest absolute Gasteiger partial charge is 0.481 e. The number of para-hydroxylation sites is 1. The van der Waals surface area contributed by atoms with E-state index in [9.17, 15) is 4.79 Å². The molecule has 0 saturated carbocycles. The summed E-state index contributed by atoms with van der Waals surface area (Å²) in [6.07, 6.45) is 4.09. The number of hydrogen-bond donors (Lipinski definition) is 1. The first-order chi connectivity index (χ1) is 12.6. The molecule has 0 aliphatic rings. The van der Waals surface area contributed by atoms with Crippen molar-refractivity contribution in [3.05, 3.63) is 72.6 Å². The lowest BCUT2D eigenvalue weighted by Crippen LogP contribution is -2.37. The quantitative estimate of drug-likeness (QED) is 0.713. The average molecular weight is 349 g/mol. The molecule has 3 rings (SSSR count). The predicted octanol–water partition coefficient (Wildman–Crippen LogP) is 3.21. The van der Waals surface area contributed by atoms with Crippen LogP contribution in [0.4, 0.5) is 0 Å². The highest BCUT2D eigenvalue weighted by Gasteiger charge is 2.13. The number of amides is 1. The van der Waals surface area contributed by atoms with Crippen LogP contribution in [0.5, 0.6) is 5.75 Å². The monoisotopic (exact) mass is 349 g/mol. The molecule has 1 amide bonds. The number of aromatic nitrogens is 2. The Morgan fingerprint density at radius 2 is 1.85 bits per heavy atom. The second-order valence-electron chi connectivity index (χ2n) is 6.21. The van der Waals surface area contributed by atoms with E-state index in [1.165, 1.54) is 5.56 Å². The van der Waals surface area contributed by atoms with Gasteiger partial charge in [-0.15, -0.1) is 0 Å². The molecule has 1 heterocycles. The molecule has 1 aromatic heterocycles. The third kappa shape index (κ3) is 4.72. The molecule has 26 heavy (non-hydrogen) atoms. The number of carbonyl (C=O) groups excluding carboxylic acids is 1. The molecule has 0 fully saturated rings. The molecule has 3 aromatic rings. The fraction of sp³-hybridized carbons (Fsp3) is 0.238. The molecule has 2 aromatic carbocycles. The van der Waals surface area contributed by atoms with E-state index in [1.807, 2.05) is 49.8 Å². The summed E-state index contributed by atoms with van der Waals surface area (Å²) in [7, 11) is 1.91. The molecule has 0 bridgehead atoms. The zero-order valence-corrected chi connectivity index (χ0v) is 15.1. The van der Waals surface area contributed by atoms with Gasteiger partial charge in [0.15, 0.2) is 6.10 Å². The zero-order valence-electron chi connectivity index (χ0n) is 15.1. The summed E-state index contributed by atoms with van der Waals surface area (Å²) in [5.41, 5.74) is 3.41. The van der Waals surface area contributed by atoms with E-state index in [1.54, 1.807) is 11.6 Å². The van der Waals surface area contributed by atoms with Crippen LogP contribution in [0.2, 0.25) is 0 Å². The molecule has 134 valence electrons. The highest BCUT2D eigenvalue weighted by atomic mass is 16.5. The maximum Gasteiger partial charge on any atom is 0.260 e. The van der Waals surface area contributed by atoms with Crippen LogP contribution in [0, 0.1) is 0 Å². The summed E-state index contributed by atoms with van der Waals surface area (Å²) in [5.74, 6) is 0.585. The van der Waals surface area contributed by atoms with Gasteiger partial charge >= 0.3 is 0 Å². The molecule has 1 N–H and O–H groups in total. The minimum absolute atomic E-state index is 0.110. The van der Waals surface area contributed by atoms with Crippen LogP contribution in [0.15, 0.2) is 67.0 Å². The second-order valence-corrected chi connectivity index (χ2v) is 6.21. The molecule has 5 heteroatoms. The number of rotatable bonds is 7. The molecular formula is C21H23N3O2. The van der Waals surface area contributed by atoms with Crippen molar-refractivity contribution in [2.45, 2.75) is 19.4 Å². The first-order valence-electron chi connectivity index (χ1n) is 8.69. The van der Waals surface area contributed by atoms with Gasteiger partial charge in [0, 0.05) is 25.4 Å². The highest BCUT2D eigenvalue weighted by Crippen LogP contribution is 2.18. The van der Waals surface area contributed by atoms with E-state index < -0.39 is 6.10 Å². The Kier molecular flexibility index (Phi) is 5.69. The van der Waals surface area contributed by atoms with Crippen LogP contribution < -0.4 is 10.1 Å². The van der Waals surface area contributed by atoms with Gasteiger partial charge in [0.25, 0.3) is 5.91 Å². The van der Waals surface area contributed by atoms with Crippen molar-refractivity contribution in [1.29, 1.82) is 0 Å². The lowest BCUT2D eigenvalue weighted by atomic mass is 10.1. The SMILES string of the molecule is CC(Oc1ccccc1)C(=O)NCCc1ccc(-c2cnn(C)c2)cc1. The summed E-state index contributed by atoms with van der Waals surface area (Å²) in [4.78, 5) is 12.1. The van der Waals surface area contributed by atoms with Crippen LogP contribution in [-0.2, 0) is 18.3 Å². The number of nitrogens with one attached hydrogen (secondary N) is 1. The van der Waals surface area contributed by atoms with E-state index in [4.69, 9.17) is 4.74 Å². The number of ether oxygens (including phenoxy) is 1. The molecule has 0 radical (unpaired) electrons. The van der Waals surface area contributed by atoms with Crippen molar-refractivity contribution < 1.29 is 9.53 Å². The molecule has 0 aliphatic heterocycles.